The van der Waals surface area contributed by atoms with E-state index < -0.39 is 6.04 Å². The molecule has 1 N–H and O–H groups in total. The van der Waals surface area contributed by atoms with Gasteiger partial charge in [-0.15, -0.1) is 0 Å². The highest BCUT2D eigenvalue weighted by Gasteiger charge is 2.29. The Labute approximate surface area is 171 Å². The van der Waals surface area contributed by atoms with Gasteiger partial charge in [0.2, 0.25) is 5.91 Å². The smallest absolute Gasteiger partial charge is 0.261 e. The normalized spacial score (nSPS) is 11.8. The summed E-state index contributed by atoms with van der Waals surface area (Å²) in [5.74, 6) is 0.153. The number of carbonyl (C=O) groups excluding carboxylic acids is 2. The van der Waals surface area contributed by atoms with Crippen LogP contribution in [0.4, 0.5) is 0 Å². The minimum atomic E-state index is -0.606. The van der Waals surface area contributed by atoms with Crippen LogP contribution in [0.1, 0.15) is 32.8 Å². The van der Waals surface area contributed by atoms with Crippen LogP contribution in [0.25, 0.3) is 0 Å². The number of carbonyl (C=O) groups is 2. The summed E-state index contributed by atoms with van der Waals surface area (Å²) in [6, 6.07) is 15.8. The summed E-state index contributed by atoms with van der Waals surface area (Å²) in [7, 11) is 0. The predicted octanol–water partition coefficient (Wildman–Crippen LogP) is 4.05. The van der Waals surface area contributed by atoms with Crippen molar-refractivity contribution < 1.29 is 14.3 Å². The number of amides is 2. The number of nitrogens with one attached hydrogen (secondary N) is 1. The van der Waals surface area contributed by atoms with E-state index in [1.807, 2.05) is 57.2 Å². The van der Waals surface area contributed by atoms with Crippen LogP contribution >= 0.6 is 11.6 Å². The first-order chi connectivity index (χ1) is 13.4. The maximum atomic E-state index is 13.0. The second-order valence-corrected chi connectivity index (χ2v) is 7.21. The number of nitrogens with zero attached hydrogens (tertiary/aromatic N) is 1. The van der Waals surface area contributed by atoms with Gasteiger partial charge in [0.1, 0.15) is 11.8 Å². The van der Waals surface area contributed by atoms with Gasteiger partial charge in [-0.25, -0.2) is 0 Å². The Morgan fingerprint density at radius 1 is 1.07 bits per heavy atom. The average Bonchev–Trinajstić information content (AvgIpc) is 2.67. The van der Waals surface area contributed by atoms with E-state index in [2.05, 4.69) is 5.32 Å². The lowest BCUT2D eigenvalue weighted by atomic mass is 10.1. The summed E-state index contributed by atoms with van der Waals surface area (Å²) in [6.07, 6.45) is 0.486. The van der Waals surface area contributed by atoms with Gasteiger partial charge in [0.05, 0.1) is 0 Å². The van der Waals surface area contributed by atoms with E-state index in [4.69, 9.17) is 16.3 Å². The van der Waals surface area contributed by atoms with E-state index in [9.17, 15) is 9.59 Å². The van der Waals surface area contributed by atoms with Crippen molar-refractivity contribution >= 4 is 23.4 Å². The first kappa shape index (κ1) is 21.8. The van der Waals surface area contributed by atoms with E-state index >= 15 is 0 Å². The topological polar surface area (TPSA) is 58.6 Å². The van der Waals surface area contributed by atoms with Gasteiger partial charge in [0, 0.05) is 17.6 Å². The molecule has 6 heteroatoms. The third-order valence-corrected chi connectivity index (χ3v) is 4.59. The second-order valence-electron chi connectivity index (χ2n) is 6.80. The lowest BCUT2D eigenvalue weighted by Gasteiger charge is -2.31. The molecule has 0 saturated heterocycles. The summed E-state index contributed by atoms with van der Waals surface area (Å²) in [5, 5.41) is 3.46. The van der Waals surface area contributed by atoms with Crippen LogP contribution in [0.2, 0.25) is 5.02 Å². The highest BCUT2D eigenvalue weighted by Crippen LogP contribution is 2.20. The summed E-state index contributed by atoms with van der Waals surface area (Å²) in [6.45, 7) is 5.75. The number of hydrogen-bond donors (Lipinski definition) is 1. The minimum absolute atomic E-state index is 0.0145. The fourth-order valence-corrected chi connectivity index (χ4v) is 3.05. The first-order valence-corrected chi connectivity index (χ1v) is 9.81. The number of halogens is 1. The SMILES string of the molecule is CC[C@H](C(=O)NC(C)C)N(Cc1ccccc1Cl)C(=O)COc1ccccc1. The van der Waals surface area contributed by atoms with Crippen LogP contribution in [-0.4, -0.2) is 35.4 Å². The average molecular weight is 403 g/mol. The summed E-state index contributed by atoms with van der Waals surface area (Å²) in [4.78, 5) is 27.2. The molecule has 0 unspecified atom stereocenters. The zero-order chi connectivity index (χ0) is 20.5. The van der Waals surface area contributed by atoms with E-state index in [1.165, 1.54) is 0 Å². The zero-order valence-corrected chi connectivity index (χ0v) is 17.3. The van der Waals surface area contributed by atoms with Crippen LogP contribution in [0.3, 0.4) is 0 Å². The molecule has 0 aliphatic rings. The molecule has 0 saturated carbocycles. The minimum Gasteiger partial charge on any atom is -0.484 e. The fraction of sp³-hybridized carbons (Fsp3) is 0.364. The van der Waals surface area contributed by atoms with Crippen molar-refractivity contribution in [2.75, 3.05) is 6.61 Å². The first-order valence-electron chi connectivity index (χ1n) is 9.43. The molecule has 28 heavy (non-hydrogen) atoms. The molecule has 0 aromatic heterocycles. The maximum Gasteiger partial charge on any atom is 0.261 e. The fourth-order valence-electron chi connectivity index (χ4n) is 2.86. The highest BCUT2D eigenvalue weighted by atomic mass is 35.5. The molecule has 150 valence electrons. The molecule has 0 radical (unpaired) electrons. The zero-order valence-electron chi connectivity index (χ0n) is 16.5. The number of hydrogen-bond acceptors (Lipinski definition) is 3. The van der Waals surface area contributed by atoms with Crippen molar-refractivity contribution in [3.05, 3.63) is 65.2 Å². The van der Waals surface area contributed by atoms with Gasteiger partial charge in [-0.05, 0) is 44.0 Å². The van der Waals surface area contributed by atoms with Gasteiger partial charge in [-0.3, -0.25) is 9.59 Å². The van der Waals surface area contributed by atoms with E-state index in [0.717, 1.165) is 5.56 Å². The number of benzene rings is 2. The van der Waals surface area contributed by atoms with Crippen molar-refractivity contribution in [2.24, 2.45) is 0 Å². The molecule has 2 aromatic rings. The molecule has 2 rings (SSSR count). The second kappa shape index (κ2) is 10.7. The monoisotopic (exact) mass is 402 g/mol. The molecule has 2 amide bonds. The van der Waals surface area contributed by atoms with Gasteiger partial charge in [0.15, 0.2) is 6.61 Å². The lowest BCUT2D eigenvalue weighted by Crippen LogP contribution is -2.51. The van der Waals surface area contributed by atoms with Crippen LogP contribution in [0.15, 0.2) is 54.6 Å². The van der Waals surface area contributed by atoms with E-state index in [-0.39, 0.29) is 31.0 Å². The van der Waals surface area contributed by atoms with E-state index in [0.29, 0.717) is 17.2 Å². The van der Waals surface area contributed by atoms with Gasteiger partial charge < -0.3 is 15.0 Å². The van der Waals surface area contributed by atoms with E-state index in [1.54, 1.807) is 23.1 Å². The molecule has 0 fully saturated rings. The Kier molecular flexibility index (Phi) is 8.33. The Hall–Kier alpha value is -2.53. The van der Waals surface area contributed by atoms with Crippen LogP contribution in [0.5, 0.6) is 5.75 Å². The third-order valence-electron chi connectivity index (χ3n) is 4.22. The van der Waals surface area contributed by atoms with Crippen molar-refractivity contribution in [1.29, 1.82) is 0 Å². The Balaban J connectivity index is 2.22. The Morgan fingerprint density at radius 2 is 1.71 bits per heavy atom. The molecule has 0 aliphatic heterocycles. The third kappa shape index (κ3) is 6.27. The standard InChI is InChI=1S/C22H27ClN2O3/c1-4-20(22(27)24-16(2)3)25(14-17-10-8-9-13-19(17)23)21(26)15-28-18-11-6-5-7-12-18/h5-13,16,20H,4,14-15H2,1-3H3,(H,24,27)/t20-/m1/s1. The van der Waals surface area contributed by atoms with Crippen molar-refractivity contribution in [2.45, 2.75) is 45.8 Å². The highest BCUT2D eigenvalue weighted by molar-refractivity contribution is 6.31. The molecule has 5 nitrogen and oxygen atoms in total. The van der Waals surface area contributed by atoms with Crippen LogP contribution in [-0.2, 0) is 16.1 Å². The number of ether oxygens (including phenoxy) is 1. The van der Waals surface area contributed by atoms with Crippen LogP contribution < -0.4 is 10.1 Å². The quantitative estimate of drug-likeness (QED) is 0.688. The van der Waals surface area contributed by atoms with Gasteiger partial charge in [-0.2, -0.15) is 0 Å². The Morgan fingerprint density at radius 3 is 2.32 bits per heavy atom. The molecule has 2 aromatic carbocycles. The van der Waals surface area contributed by atoms with Gasteiger partial charge in [-0.1, -0.05) is 54.9 Å². The predicted molar refractivity (Wildman–Crippen MR) is 111 cm³/mol. The molecule has 0 heterocycles. The van der Waals surface area contributed by atoms with Gasteiger partial charge >= 0.3 is 0 Å². The summed E-state index contributed by atoms with van der Waals surface area (Å²) < 4.78 is 5.62. The van der Waals surface area contributed by atoms with Crippen molar-refractivity contribution in [1.82, 2.24) is 10.2 Å². The van der Waals surface area contributed by atoms with Crippen molar-refractivity contribution in [3.8, 4) is 5.75 Å². The molecule has 0 aliphatic carbocycles. The maximum absolute atomic E-state index is 13.0. The molecule has 0 bridgehead atoms. The molecular formula is C22H27ClN2O3. The molecular weight excluding hydrogens is 376 g/mol. The number of rotatable bonds is 9. The van der Waals surface area contributed by atoms with Crippen molar-refractivity contribution in [3.63, 3.8) is 0 Å². The van der Waals surface area contributed by atoms with Crippen LogP contribution in [0, 0.1) is 0 Å². The summed E-state index contributed by atoms with van der Waals surface area (Å²) >= 11 is 6.29. The molecule has 0 spiro atoms. The lowest BCUT2D eigenvalue weighted by molar-refractivity contribution is -0.143. The largest absolute Gasteiger partial charge is 0.484 e. The van der Waals surface area contributed by atoms with Gasteiger partial charge in [0.25, 0.3) is 5.91 Å². The molecule has 1 atom stereocenters. The summed E-state index contributed by atoms with van der Waals surface area (Å²) in [5.41, 5.74) is 0.785. The number of para-hydroxylation sites is 1. The Bertz CT molecular complexity index is 780.